The summed E-state index contributed by atoms with van der Waals surface area (Å²) in [4.78, 5) is 48.7. The van der Waals surface area contributed by atoms with Crippen molar-refractivity contribution in [2.75, 3.05) is 0 Å². The highest BCUT2D eigenvalue weighted by atomic mass is 19.1. The second-order valence-electron chi connectivity index (χ2n) is 5.94. The Bertz CT molecular complexity index is 877. The van der Waals surface area contributed by atoms with Gasteiger partial charge in [0.25, 0.3) is 11.7 Å². The number of hydrogen-bond donors (Lipinski definition) is 0. The summed E-state index contributed by atoms with van der Waals surface area (Å²) in [6.45, 7) is 2.14. The maximum Gasteiger partial charge on any atom is 0.308 e. The van der Waals surface area contributed by atoms with Gasteiger partial charge in [-0.25, -0.2) is 13.7 Å². The summed E-state index contributed by atoms with van der Waals surface area (Å²) in [6, 6.07) is 2.42. The van der Waals surface area contributed by atoms with Crippen LogP contribution >= 0.6 is 0 Å². The van der Waals surface area contributed by atoms with Crippen LogP contribution in [0.15, 0.2) is 29.8 Å². The fraction of sp³-hybridized carbons (Fsp3) is 0.294. The van der Waals surface area contributed by atoms with Gasteiger partial charge >= 0.3 is 5.97 Å². The number of rotatable bonds is 3. The van der Waals surface area contributed by atoms with Gasteiger partial charge in [-0.1, -0.05) is 0 Å². The highest BCUT2D eigenvalue weighted by molar-refractivity contribution is 6.08. The van der Waals surface area contributed by atoms with Gasteiger partial charge in [-0.2, -0.15) is 0 Å². The first kappa shape index (κ1) is 17.7. The molecular formula is C17H13F2NO6. The van der Waals surface area contributed by atoms with E-state index >= 15 is 0 Å². The van der Waals surface area contributed by atoms with E-state index in [0.717, 1.165) is 32.0 Å². The van der Waals surface area contributed by atoms with Crippen LogP contribution in [0.25, 0.3) is 0 Å². The molecule has 1 unspecified atom stereocenters. The first-order chi connectivity index (χ1) is 12.1. The molecule has 2 aliphatic rings. The Morgan fingerprint density at radius 2 is 1.81 bits per heavy atom. The average molecular weight is 365 g/mol. The van der Waals surface area contributed by atoms with Gasteiger partial charge in [-0.3, -0.25) is 19.2 Å². The molecule has 0 bridgehead atoms. The molecule has 136 valence electrons. The quantitative estimate of drug-likeness (QED) is 0.598. The Balaban J connectivity index is 2.13. The maximum atomic E-state index is 14.2. The zero-order valence-corrected chi connectivity index (χ0v) is 13.8. The van der Waals surface area contributed by atoms with Gasteiger partial charge in [-0.15, -0.1) is 0 Å². The number of amides is 2. The molecule has 0 aromatic heterocycles. The lowest BCUT2D eigenvalue weighted by Gasteiger charge is -2.25. The smallest absolute Gasteiger partial charge is 0.308 e. The minimum absolute atomic E-state index is 0.113. The highest BCUT2D eigenvalue weighted by Crippen LogP contribution is 2.42. The Morgan fingerprint density at radius 3 is 2.38 bits per heavy atom. The summed E-state index contributed by atoms with van der Waals surface area (Å²) < 4.78 is 38.1. The SMILES string of the molecule is CC(=O)OC1=C(N2C(=O)CCC2=O)OC(C)(c2cc(F)ccc2F)C1=O. The van der Waals surface area contributed by atoms with Crippen molar-refractivity contribution in [2.45, 2.75) is 32.3 Å². The van der Waals surface area contributed by atoms with Crippen molar-refractivity contribution in [2.24, 2.45) is 0 Å². The van der Waals surface area contributed by atoms with Crippen molar-refractivity contribution in [3.8, 4) is 0 Å². The molecule has 0 aliphatic carbocycles. The zero-order chi connectivity index (χ0) is 19.2. The minimum Gasteiger partial charge on any atom is -0.456 e. The number of nitrogens with zero attached hydrogens (tertiary/aromatic N) is 1. The van der Waals surface area contributed by atoms with Gasteiger partial charge in [0, 0.05) is 25.3 Å². The molecular weight excluding hydrogens is 352 g/mol. The third-order valence-electron chi connectivity index (χ3n) is 4.08. The van der Waals surface area contributed by atoms with E-state index in [1.165, 1.54) is 0 Å². The largest absolute Gasteiger partial charge is 0.456 e. The number of esters is 1. The summed E-state index contributed by atoms with van der Waals surface area (Å²) >= 11 is 0. The number of carbonyl (C=O) groups is 4. The summed E-state index contributed by atoms with van der Waals surface area (Å²) in [5, 5.41) is 0. The molecule has 1 fully saturated rings. The highest BCUT2D eigenvalue weighted by Gasteiger charge is 2.54. The number of likely N-dealkylation sites (tertiary alicyclic amines) is 1. The maximum absolute atomic E-state index is 14.2. The van der Waals surface area contributed by atoms with Crippen molar-refractivity contribution in [3.63, 3.8) is 0 Å². The number of benzene rings is 1. The Hall–Kier alpha value is -3.10. The van der Waals surface area contributed by atoms with Gasteiger partial charge in [0.2, 0.25) is 23.2 Å². The van der Waals surface area contributed by atoms with E-state index in [1.807, 2.05) is 0 Å². The average Bonchev–Trinajstić information content (AvgIpc) is 3.01. The second kappa shape index (κ2) is 6.01. The molecule has 2 amide bonds. The van der Waals surface area contributed by atoms with Gasteiger partial charge in [0.15, 0.2) is 0 Å². The molecule has 7 nitrogen and oxygen atoms in total. The molecule has 0 saturated carbocycles. The third-order valence-corrected chi connectivity index (χ3v) is 4.08. The van der Waals surface area contributed by atoms with Crippen molar-refractivity contribution in [1.82, 2.24) is 4.90 Å². The molecule has 0 N–H and O–H groups in total. The number of halogens is 2. The van der Waals surface area contributed by atoms with Crippen molar-refractivity contribution >= 4 is 23.6 Å². The molecule has 0 radical (unpaired) electrons. The number of Topliss-reactive ketones (excluding diaryl/α,β-unsaturated/α-hetero) is 1. The third kappa shape index (κ3) is 2.65. The van der Waals surface area contributed by atoms with Crippen LogP contribution in [-0.2, 0) is 34.3 Å². The van der Waals surface area contributed by atoms with Crippen LogP contribution in [0.5, 0.6) is 0 Å². The molecule has 1 atom stereocenters. The van der Waals surface area contributed by atoms with E-state index in [2.05, 4.69) is 0 Å². The van der Waals surface area contributed by atoms with Crippen molar-refractivity contribution < 1.29 is 37.4 Å². The molecule has 3 rings (SSSR count). The van der Waals surface area contributed by atoms with Gasteiger partial charge in [-0.05, 0) is 25.1 Å². The normalized spacial score (nSPS) is 22.9. The summed E-state index contributed by atoms with van der Waals surface area (Å²) in [6.07, 6.45) is -0.226. The van der Waals surface area contributed by atoms with Crippen LogP contribution in [0.4, 0.5) is 8.78 Å². The Morgan fingerprint density at radius 1 is 1.19 bits per heavy atom. The summed E-state index contributed by atoms with van der Waals surface area (Å²) in [5.74, 6) is -6.30. The molecule has 1 saturated heterocycles. The fourth-order valence-corrected chi connectivity index (χ4v) is 2.82. The lowest BCUT2D eigenvalue weighted by atomic mass is 9.91. The number of hydrogen-bond acceptors (Lipinski definition) is 6. The van der Waals surface area contributed by atoms with E-state index in [9.17, 15) is 28.0 Å². The molecule has 0 spiro atoms. The van der Waals surface area contributed by atoms with Crippen LogP contribution in [0.1, 0.15) is 32.3 Å². The van der Waals surface area contributed by atoms with Gasteiger partial charge in [0.1, 0.15) is 11.6 Å². The number of carbonyl (C=O) groups excluding carboxylic acids is 4. The summed E-state index contributed by atoms with van der Waals surface area (Å²) in [5.41, 5.74) is -2.57. The molecule has 1 aromatic rings. The van der Waals surface area contributed by atoms with E-state index in [4.69, 9.17) is 9.47 Å². The lowest BCUT2D eigenvalue weighted by Crippen LogP contribution is -2.34. The molecule has 26 heavy (non-hydrogen) atoms. The minimum atomic E-state index is -2.12. The van der Waals surface area contributed by atoms with E-state index < -0.39 is 58.0 Å². The predicted molar refractivity (Wildman–Crippen MR) is 79.7 cm³/mol. The van der Waals surface area contributed by atoms with Crippen LogP contribution in [0.3, 0.4) is 0 Å². The van der Waals surface area contributed by atoms with E-state index in [1.54, 1.807) is 0 Å². The van der Waals surface area contributed by atoms with E-state index in [0.29, 0.717) is 4.90 Å². The standard InChI is InChI=1S/C17H13F2NO6/c1-8(21)25-14-15(24)17(2,10-7-9(18)3-4-11(10)19)26-16(14)20-12(22)5-6-13(20)23/h3-4,7H,5-6H2,1-2H3. The number of ether oxygens (including phenoxy) is 2. The monoisotopic (exact) mass is 365 g/mol. The molecule has 2 heterocycles. The molecule has 2 aliphatic heterocycles. The van der Waals surface area contributed by atoms with Crippen LogP contribution in [0.2, 0.25) is 0 Å². The number of imide groups is 1. The zero-order valence-electron chi connectivity index (χ0n) is 13.8. The first-order valence-electron chi connectivity index (χ1n) is 7.63. The van der Waals surface area contributed by atoms with E-state index in [-0.39, 0.29) is 12.8 Å². The van der Waals surface area contributed by atoms with Gasteiger partial charge in [0.05, 0.1) is 0 Å². The van der Waals surface area contributed by atoms with Crippen molar-refractivity contribution in [1.29, 1.82) is 0 Å². The van der Waals surface area contributed by atoms with Gasteiger partial charge < -0.3 is 9.47 Å². The van der Waals surface area contributed by atoms with Crippen LogP contribution in [-0.4, -0.2) is 28.5 Å². The Labute approximate surface area is 146 Å². The number of ketones is 1. The Kier molecular flexibility index (Phi) is 4.09. The topological polar surface area (TPSA) is 90.0 Å². The molecule has 1 aromatic carbocycles. The molecule has 9 heteroatoms. The van der Waals surface area contributed by atoms with Crippen LogP contribution in [0, 0.1) is 11.6 Å². The first-order valence-corrected chi connectivity index (χ1v) is 7.63. The van der Waals surface area contributed by atoms with Crippen molar-refractivity contribution in [3.05, 3.63) is 47.0 Å². The predicted octanol–water partition coefficient (Wildman–Crippen LogP) is 1.66. The fourth-order valence-electron chi connectivity index (χ4n) is 2.82. The second-order valence-corrected chi connectivity index (χ2v) is 5.94. The van der Waals surface area contributed by atoms with Crippen LogP contribution < -0.4 is 0 Å². The summed E-state index contributed by atoms with van der Waals surface area (Å²) in [7, 11) is 0. The lowest BCUT2D eigenvalue weighted by molar-refractivity contribution is -0.144.